The van der Waals surface area contributed by atoms with E-state index in [0.29, 0.717) is 6.54 Å². The molecular formula is C17H16BrN3. The molecule has 0 radical (unpaired) electrons. The second kappa shape index (κ2) is 6.24. The van der Waals surface area contributed by atoms with Crippen LogP contribution < -0.4 is 11.1 Å². The Bertz CT molecular complexity index is 743. The average Bonchev–Trinajstić information content (AvgIpc) is 2.53. The molecule has 1 atom stereocenters. The molecule has 3 rings (SSSR count). The lowest BCUT2D eigenvalue weighted by atomic mass is 10.1. The van der Waals surface area contributed by atoms with E-state index in [1.165, 1.54) is 5.56 Å². The maximum absolute atomic E-state index is 5.93. The van der Waals surface area contributed by atoms with E-state index in [9.17, 15) is 0 Å². The van der Waals surface area contributed by atoms with Crippen LogP contribution in [-0.4, -0.2) is 11.5 Å². The van der Waals surface area contributed by atoms with Gasteiger partial charge >= 0.3 is 0 Å². The van der Waals surface area contributed by atoms with Gasteiger partial charge in [-0.1, -0.05) is 42.5 Å². The van der Waals surface area contributed by atoms with Crippen LogP contribution in [0, 0.1) is 0 Å². The molecule has 3 aromatic rings. The molecule has 0 fully saturated rings. The molecule has 106 valence electrons. The quantitative estimate of drug-likeness (QED) is 0.750. The molecule has 0 aliphatic carbocycles. The smallest absolute Gasteiger partial charge is 0.0934 e. The van der Waals surface area contributed by atoms with Crippen molar-refractivity contribution in [3.05, 3.63) is 70.8 Å². The molecule has 3 nitrogen and oxygen atoms in total. The van der Waals surface area contributed by atoms with Gasteiger partial charge in [0, 0.05) is 22.6 Å². The minimum atomic E-state index is 0.0715. The molecule has 1 aromatic heterocycles. The topological polar surface area (TPSA) is 50.9 Å². The van der Waals surface area contributed by atoms with Crippen molar-refractivity contribution < 1.29 is 0 Å². The predicted octanol–water partition coefficient (Wildman–Crippen LogP) is 4.11. The maximum atomic E-state index is 5.93. The Morgan fingerprint density at radius 2 is 1.90 bits per heavy atom. The first-order valence-electron chi connectivity index (χ1n) is 6.84. The highest BCUT2D eigenvalue weighted by Gasteiger charge is 2.11. The fourth-order valence-corrected chi connectivity index (χ4v) is 2.75. The van der Waals surface area contributed by atoms with Crippen LogP contribution in [0.5, 0.6) is 0 Å². The van der Waals surface area contributed by atoms with E-state index >= 15 is 0 Å². The van der Waals surface area contributed by atoms with Crippen LogP contribution in [0.15, 0.2) is 65.3 Å². The Balaban J connectivity index is 1.97. The Hall–Kier alpha value is -1.91. The van der Waals surface area contributed by atoms with E-state index in [1.54, 1.807) is 0 Å². The third-order valence-corrected chi connectivity index (χ3v) is 3.88. The first kappa shape index (κ1) is 14.0. The number of rotatable bonds is 4. The lowest BCUT2D eigenvalue weighted by Gasteiger charge is -2.19. The number of pyridine rings is 1. The lowest BCUT2D eigenvalue weighted by molar-refractivity contribution is 0.791. The number of anilines is 1. The Kier molecular flexibility index (Phi) is 4.18. The summed E-state index contributed by atoms with van der Waals surface area (Å²) in [7, 11) is 0. The van der Waals surface area contributed by atoms with Crippen molar-refractivity contribution in [2.45, 2.75) is 6.04 Å². The number of halogens is 1. The number of benzene rings is 2. The molecule has 4 heteroatoms. The van der Waals surface area contributed by atoms with Crippen molar-refractivity contribution in [3.8, 4) is 0 Å². The molecule has 0 aliphatic rings. The molecule has 0 saturated heterocycles. The number of nitrogens with zero attached hydrogens (tertiary/aromatic N) is 1. The van der Waals surface area contributed by atoms with Gasteiger partial charge in [0.2, 0.25) is 0 Å². The summed E-state index contributed by atoms with van der Waals surface area (Å²) in [6, 6.07) is 18.5. The molecule has 0 aliphatic heterocycles. The fourth-order valence-electron chi connectivity index (χ4n) is 2.40. The number of aromatic nitrogens is 1. The first-order valence-corrected chi connectivity index (χ1v) is 7.63. The van der Waals surface area contributed by atoms with Crippen LogP contribution in [0.4, 0.5) is 5.69 Å². The predicted molar refractivity (Wildman–Crippen MR) is 91.3 cm³/mol. The van der Waals surface area contributed by atoms with Crippen LogP contribution in [-0.2, 0) is 0 Å². The summed E-state index contributed by atoms with van der Waals surface area (Å²) >= 11 is 3.46. The number of hydrogen-bond donors (Lipinski definition) is 2. The SMILES string of the molecule is NCC(Nc1cccc2cc(Br)cnc12)c1ccccc1. The van der Waals surface area contributed by atoms with E-state index in [1.807, 2.05) is 36.5 Å². The summed E-state index contributed by atoms with van der Waals surface area (Å²) in [4.78, 5) is 4.51. The van der Waals surface area contributed by atoms with Gasteiger partial charge < -0.3 is 11.1 Å². The molecule has 2 aromatic carbocycles. The second-order valence-corrected chi connectivity index (χ2v) is 5.79. The summed E-state index contributed by atoms with van der Waals surface area (Å²) in [5, 5.41) is 4.60. The average molecular weight is 342 g/mol. The Labute approximate surface area is 132 Å². The van der Waals surface area contributed by atoms with E-state index in [4.69, 9.17) is 5.73 Å². The zero-order valence-corrected chi connectivity index (χ0v) is 13.0. The minimum Gasteiger partial charge on any atom is -0.375 e. The molecule has 0 amide bonds. The zero-order chi connectivity index (χ0) is 14.7. The van der Waals surface area contributed by atoms with Gasteiger partial charge in [0.1, 0.15) is 0 Å². The van der Waals surface area contributed by atoms with Crippen molar-refractivity contribution in [2.24, 2.45) is 5.73 Å². The standard InChI is InChI=1S/C17H16BrN3/c18-14-9-13-7-4-8-15(17(13)20-11-14)21-16(10-19)12-5-2-1-3-6-12/h1-9,11,16,21H,10,19H2. The van der Waals surface area contributed by atoms with E-state index in [0.717, 1.165) is 21.1 Å². The Morgan fingerprint density at radius 3 is 2.67 bits per heavy atom. The van der Waals surface area contributed by atoms with Gasteiger partial charge in [0.05, 0.1) is 17.2 Å². The fraction of sp³-hybridized carbons (Fsp3) is 0.118. The first-order chi connectivity index (χ1) is 10.3. The highest BCUT2D eigenvalue weighted by Crippen LogP contribution is 2.27. The molecule has 1 unspecified atom stereocenters. The van der Waals surface area contributed by atoms with Gasteiger partial charge in [-0.3, -0.25) is 4.98 Å². The third kappa shape index (κ3) is 3.06. The zero-order valence-electron chi connectivity index (χ0n) is 11.5. The number of nitrogens with one attached hydrogen (secondary N) is 1. The summed E-state index contributed by atoms with van der Waals surface area (Å²) in [6.07, 6.45) is 1.81. The largest absolute Gasteiger partial charge is 0.375 e. The third-order valence-electron chi connectivity index (χ3n) is 3.44. The van der Waals surface area contributed by atoms with Crippen molar-refractivity contribution in [2.75, 3.05) is 11.9 Å². The van der Waals surface area contributed by atoms with Crippen molar-refractivity contribution in [1.29, 1.82) is 0 Å². The summed E-state index contributed by atoms with van der Waals surface area (Å²) in [5.41, 5.74) is 9.06. The molecule has 1 heterocycles. The van der Waals surface area contributed by atoms with Crippen LogP contribution in [0.2, 0.25) is 0 Å². The number of para-hydroxylation sites is 1. The van der Waals surface area contributed by atoms with Gasteiger partial charge in [-0.2, -0.15) is 0 Å². The van der Waals surface area contributed by atoms with Gasteiger partial charge in [-0.15, -0.1) is 0 Å². The van der Waals surface area contributed by atoms with Crippen LogP contribution in [0.3, 0.4) is 0 Å². The summed E-state index contributed by atoms with van der Waals surface area (Å²) in [5.74, 6) is 0. The van der Waals surface area contributed by atoms with Gasteiger partial charge in [-0.25, -0.2) is 0 Å². The summed E-state index contributed by atoms with van der Waals surface area (Å²) < 4.78 is 0.977. The van der Waals surface area contributed by atoms with Gasteiger partial charge in [-0.05, 0) is 33.6 Å². The number of nitrogens with two attached hydrogens (primary N) is 1. The summed E-state index contributed by atoms with van der Waals surface area (Å²) in [6.45, 7) is 0.525. The van der Waals surface area contributed by atoms with E-state index in [-0.39, 0.29) is 6.04 Å². The van der Waals surface area contributed by atoms with E-state index < -0.39 is 0 Å². The van der Waals surface area contributed by atoms with E-state index in [2.05, 4.69) is 50.5 Å². The highest BCUT2D eigenvalue weighted by atomic mass is 79.9. The minimum absolute atomic E-state index is 0.0715. The van der Waals surface area contributed by atoms with Gasteiger partial charge in [0.25, 0.3) is 0 Å². The van der Waals surface area contributed by atoms with Crippen LogP contribution >= 0.6 is 15.9 Å². The van der Waals surface area contributed by atoms with Crippen molar-refractivity contribution in [3.63, 3.8) is 0 Å². The monoisotopic (exact) mass is 341 g/mol. The Morgan fingerprint density at radius 1 is 1.10 bits per heavy atom. The highest BCUT2D eigenvalue weighted by molar-refractivity contribution is 9.10. The van der Waals surface area contributed by atoms with Gasteiger partial charge in [0.15, 0.2) is 0 Å². The molecule has 0 saturated carbocycles. The number of hydrogen-bond acceptors (Lipinski definition) is 3. The lowest BCUT2D eigenvalue weighted by Crippen LogP contribution is -2.20. The van der Waals surface area contributed by atoms with Crippen LogP contribution in [0.1, 0.15) is 11.6 Å². The molecule has 3 N–H and O–H groups in total. The normalized spacial score (nSPS) is 12.3. The number of fused-ring (bicyclic) bond motifs is 1. The molecular weight excluding hydrogens is 326 g/mol. The maximum Gasteiger partial charge on any atom is 0.0934 e. The molecule has 0 spiro atoms. The molecule has 0 bridgehead atoms. The van der Waals surface area contributed by atoms with Crippen LogP contribution in [0.25, 0.3) is 10.9 Å². The van der Waals surface area contributed by atoms with Crippen molar-refractivity contribution >= 4 is 32.5 Å². The van der Waals surface area contributed by atoms with Crippen molar-refractivity contribution in [1.82, 2.24) is 4.98 Å². The second-order valence-electron chi connectivity index (χ2n) is 4.87. The molecule has 21 heavy (non-hydrogen) atoms.